The van der Waals surface area contributed by atoms with Crippen LogP contribution in [0, 0.1) is 5.82 Å². The molecule has 12 heteroatoms. The largest absolute Gasteiger partial charge is 0.445 e. The number of nitrogens with zero attached hydrogens (tertiary/aromatic N) is 3. The molecule has 10 nitrogen and oxygen atoms in total. The lowest BCUT2D eigenvalue weighted by atomic mass is 9.93. The highest BCUT2D eigenvalue weighted by molar-refractivity contribution is 7.20. The molecule has 232 valence electrons. The number of benzene rings is 2. The number of halogens is 1. The number of hydrogen-bond acceptors (Lipinski definition) is 8. The fourth-order valence-electron chi connectivity index (χ4n) is 4.88. The highest BCUT2D eigenvalue weighted by Gasteiger charge is 2.29. The number of carbonyl (C=O) groups excluding carboxylic acids is 3. The quantitative estimate of drug-likeness (QED) is 0.244. The first kappa shape index (κ1) is 31.3. The normalized spacial score (nSPS) is 14.8. The van der Waals surface area contributed by atoms with Crippen molar-refractivity contribution in [2.45, 2.75) is 52.3 Å². The van der Waals surface area contributed by atoms with Crippen molar-refractivity contribution in [3.05, 3.63) is 82.0 Å². The van der Waals surface area contributed by atoms with Crippen LogP contribution in [0.5, 0.6) is 0 Å². The van der Waals surface area contributed by atoms with E-state index < -0.39 is 29.3 Å². The van der Waals surface area contributed by atoms with Gasteiger partial charge in [-0.2, -0.15) is 4.68 Å². The van der Waals surface area contributed by atoms with E-state index in [1.165, 1.54) is 6.07 Å². The van der Waals surface area contributed by atoms with Gasteiger partial charge in [0.15, 0.2) is 5.82 Å². The molecule has 1 aliphatic rings. The summed E-state index contributed by atoms with van der Waals surface area (Å²) in [5, 5.41) is 10.4. The summed E-state index contributed by atoms with van der Waals surface area (Å²) < 4.78 is 26.5. The van der Waals surface area contributed by atoms with Crippen LogP contribution in [0.15, 0.2) is 54.6 Å². The number of aromatic nitrogens is 2. The second-order valence-electron chi connectivity index (χ2n) is 11.3. The van der Waals surface area contributed by atoms with Crippen LogP contribution in [0.1, 0.15) is 65.3 Å². The lowest BCUT2D eigenvalue weighted by Crippen LogP contribution is -2.41. The van der Waals surface area contributed by atoms with Crippen LogP contribution in [-0.2, 0) is 21.6 Å². The topological polar surface area (TPSA) is 115 Å². The minimum Gasteiger partial charge on any atom is -0.445 e. The molecule has 2 aromatic carbocycles. The van der Waals surface area contributed by atoms with E-state index in [1.54, 1.807) is 57.2 Å². The molecule has 0 saturated carbocycles. The van der Waals surface area contributed by atoms with E-state index in [9.17, 15) is 18.8 Å². The summed E-state index contributed by atoms with van der Waals surface area (Å²) in [6.45, 7) is 11.0. The molecule has 1 aliphatic heterocycles. The van der Waals surface area contributed by atoms with Crippen LogP contribution in [0.3, 0.4) is 0 Å². The van der Waals surface area contributed by atoms with Gasteiger partial charge < -0.3 is 20.1 Å². The van der Waals surface area contributed by atoms with Crippen LogP contribution in [-0.4, -0.2) is 65.0 Å². The highest BCUT2D eigenvalue weighted by Crippen LogP contribution is 2.33. The number of hydrogen-bond donors (Lipinski definition) is 2. The van der Waals surface area contributed by atoms with Gasteiger partial charge in [-0.3, -0.25) is 14.5 Å². The van der Waals surface area contributed by atoms with Crippen LogP contribution in [0.4, 0.5) is 15.0 Å². The minimum atomic E-state index is -1.02. The molecule has 1 fully saturated rings. The lowest BCUT2D eigenvalue weighted by molar-refractivity contribution is 0.0342. The molecular weight excluding hydrogens is 585 g/mol. The molecule has 2 amide bonds. The van der Waals surface area contributed by atoms with Crippen molar-refractivity contribution < 1.29 is 28.2 Å². The standard InChI is InChI=1S/C32H36FN5O5S/c1-5-20(2)43-31(41)38-30-23(18-26(44-30)29(40)35-32(3,4)24-8-6-7-9-25(24)33)27(36-38)34-28(39)22-12-10-21(11-13-22)19-37-14-16-42-17-15-37/h6-13,18,20H,5,14-17,19H2,1-4H3,(H,35,40)(H,34,36,39). The van der Waals surface area contributed by atoms with Gasteiger partial charge in [0.05, 0.1) is 29.0 Å². The molecule has 5 rings (SSSR count). The van der Waals surface area contributed by atoms with E-state index in [1.807, 2.05) is 19.1 Å². The maximum absolute atomic E-state index is 14.5. The monoisotopic (exact) mass is 621 g/mol. The molecular formula is C32H36FN5O5S. The predicted molar refractivity (Wildman–Crippen MR) is 167 cm³/mol. The predicted octanol–water partition coefficient (Wildman–Crippen LogP) is 5.77. The van der Waals surface area contributed by atoms with Crippen molar-refractivity contribution in [3.8, 4) is 0 Å². The highest BCUT2D eigenvalue weighted by atomic mass is 32.1. The SMILES string of the molecule is CCC(C)OC(=O)n1nc(NC(=O)c2ccc(CN3CCOCC3)cc2)c2cc(C(=O)NC(C)(C)c3ccccc3F)sc21. The third-order valence-corrected chi connectivity index (χ3v) is 8.67. The Morgan fingerprint density at radius 1 is 1.09 bits per heavy atom. The van der Waals surface area contributed by atoms with Crippen LogP contribution >= 0.6 is 11.3 Å². The van der Waals surface area contributed by atoms with Crippen molar-refractivity contribution >= 4 is 45.3 Å². The summed E-state index contributed by atoms with van der Waals surface area (Å²) in [7, 11) is 0. The zero-order valence-electron chi connectivity index (χ0n) is 25.2. The van der Waals surface area contributed by atoms with Gasteiger partial charge in [0, 0.05) is 30.8 Å². The molecule has 2 aromatic heterocycles. The Kier molecular flexibility index (Phi) is 9.42. The Labute approximate surface area is 259 Å². The maximum atomic E-state index is 14.5. The molecule has 0 aliphatic carbocycles. The maximum Gasteiger partial charge on any atom is 0.436 e. The van der Waals surface area contributed by atoms with Crippen molar-refractivity contribution in [1.82, 2.24) is 20.0 Å². The zero-order valence-corrected chi connectivity index (χ0v) is 26.0. The van der Waals surface area contributed by atoms with E-state index in [0.717, 1.165) is 41.2 Å². The number of thiophene rings is 1. The average Bonchev–Trinajstić information content (AvgIpc) is 3.58. The summed E-state index contributed by atoms with van der Waals surface area (Å²) in [4.78, 5) is 42.6. The summed E-state index contributed by atoms with van der Waals surface area (Å²) in [6.07, 6.45) is -0.484. The Morgan fingerprint density at radius 3 is 2.48 bits per heavy atom. The summed E-state index contributed by atoms with van der Waals surface area (Å²) in [6, 6.07) is 15.1. The number of morpholine rings is 1. The van der Waals surface area contributed by atoms with Crippen molar-refractivity contribution in [2.24, 2.45) is 0 Å². The first-order chi connectivity index (χ1) is 21.1. The van der Waals surface area contributed by atoms with E-state index in [-0.39, 0.29) is 16.8 Å². The minimum absolute atomic E-state index is 0.118. The average molecular weight is 622 g/mol. The van der Waals surface area contributed by atoms with Gasteiger partial charge in [0.2, 0.25) is 0 Å². The first-order valence-electron chi connectivity index (χ1n) is 14.6. The second kappa shape index (κ2) is 13.2. The molecule has 1 atom stereocenters. The molecule has 1 saturated heterocycles. The third-order valence-electron chi connectivity index (χ3n) is 7.56. The molecule has 0 spiro atoms. The molecule has 44 heavy (non-hydrogen) atoms. The van der Waals surface area contributed by atoms with Crippen molar-refractivity contribution in [2.75, 3.05) is 31.6 Å². The van der Waals surface area contributed by atoms with Crippen LogP contribution in [0.2, 0.25) is 0 Å². The molecule has 1 unspecified atom stereocenters. The zero-order chi connectivity index (χ0) is 31.4. The molecule has 0 radical (unpaired) electrons. The van der Waals surface area contributed by atoms with E-state index >= 15 is 0 Å². The number of amides is 2. The van der Waals surface area contributed by atoms with Gasteiger partial charge in [-0.15, -0.1) is 16.4 Å². The number of nitrogens with one attached hydrogen (secondary N) is 2. The van der Waals surface area contributed by atoms with Gasteiger partial charge >= 0.3 is 6.09 Å². The lowest BCUT2D eigenvalue weighted by Gasteiger charge is -2.27. The number of ether oxygens (including phenoxy) is 2. The molecule has 4 aromatic rings. The summed E-state index contributed by atoms with van der Waals surface area (Å²) in [5.74, 6) is -1.19. The summed E-state index contributed by atoms with van der Waals surface area (Å²) >= 11 is 1.03. The Hall–Kier alpha value is -4.13. The number of anilines is 1. The molecule has 0 bridgehead atoms. The third kappa shape index (κ3) is 6.98. The van der Waals surface area contributed by atoms with E-state index in [0.29, 0.717) is 41.0 Å². The second-order valence-corrected chi connectivity index (χ2v) is 12.3. The van der Waals surface area contributed by atoms with Gasteiger partial charge in [0.1, 0.15) is 16.8 Å². The van der Waals surface area contributed by atoms with Crippen LogP contribution in [0.25, 0.3) is 10.2 Å². The fraction of sp³-hybridized carbons (Fsp3) is 0.375. The number of carbonyl (C=O) groups is 3. The van der Waals surface area contributed by atoms with Crippen molar-refractivity contribution in [3.63, 3.8) is 0 Å². The van der Waals surface area contributed by atoms with E-state index in [2.05, 4.69) is 20.6 Å². The van der Waals surface area contributed by atoms with Gasteiger partial charge in [0.25, 0.3) is 11.8 Å². The Balaban J connectivity index is 1.39. The van der Waals surface area contributed by atoms with Gasteiger partial charge in [-0.05, 0) is 57.0 Å². The first-order valence-corrected chi connectivity index (χ1v) is 15.4. The Bertz CT molecular complexity index is 1660. The van der Waals surface area contributed by atoms with Crippen LogP contribution < -0.4 is 10.6 Å². The molecule has 2 N–H and O–H groups in total. The smallest absolute Gasteiger partial charge is 0.436 e. The van der Waals surface area contributed by atoms with E-state index in [4.69, 9.17) is 9.47 Å². The number of fused-ring (bicyclic) bond motifs is 1. The summed E-state index contributed by atoms with van der Waals surface area (Å²) in [5.41, 5.74) is 0.808. The van der Waals surface area contributed by atoms with Gasteiger partial charge in [-0.1, -0.05) is 37.3 Å². The Morgan fingerprint density at radius 2 is 1.80 bits per heavy atom. The van der Waals surface area contributed by atoms with Gasteiger partial charge in [-0.25, -0.2) is 9.18 Å². The fourth-order valence-corrected chi connectivity index (χ4v) is 5.88. The number of rotatable bonds is 9. The van der Waals surface area contributed by atoms with Crippen molar-refractivity contribution in [1.29, 1.82) is 0 Å². The molecule has 3 heterocycles.